The molecule has 6 aromatic rings. The predicted molar refractivity (Wildman–Crippen MR) is 158 cm³/mol. The molecule has 2 aromatic heterocycles. The summed E-state index contributed by atoms with van der Waals surface area (Å²) in [6, 6.07) is 25.2. The molecule has 0 fully saturated rings. The van der Waals surface area contributed by atoms with E-state index in [-0.39, 0.29) is 35.2 Å². The predicted octanol–water partition coefficient (Wildman–Crippen LogP) is 7.49. The number of fused-ring (bicyclic) bond motifs is 2. The number of para-hydroxylation sites is 2. The lowest BCUT2D eigenvalue weighted by Crippen LogP contribution is -2.20. The summed E-state index contributed by atoms with van der Waals surface area (Å²) >= 11 is 12.4. The smallest absolute Gasteiger partial charge is 0.311 e. The van der Waals surface area contributed by atoms with Crippen LogP contribution in [-0.2, 0) is 6.61 Å². The van der Waals surface area contributed by atoms with Crippen LogP contribution in [0.3, 0.4) is 0 Å². The van der Waals surface area contributed by atoms with E-state index in [0.717, 1.165) is 10.1 Å². The number of ether oxygens (including phenoxy) is 1. The fourth-order valence-electron chi connectivity index (χ4n) is 4.34. The van der Waals surface area contributed by atoms with Crippen LogP contribution in [0, 0.1) is 10.1 Å². The van der Waals surface area contributed by atoms with Crippen LogP contribution in [0.5, 0.6) is 5.75 Å². The Morgan fingerprint density at radius 2 is 1.80 bits per heavy atom. The quantitative estimate of drug-likeness (QED) is 0.109. The number of nitro benzene ring substituents is 1. The van der Waals surface area contributed by atoms with E-state index >= 15 is 0 Å². The summed E-state index contributed by atoms with van der Waals surface area (Å²) in [4.78, 5) is 29.6. The molecule has 11 heteroatoms. The first-order valence-corrected chi connectivity index (χ1v) is 13.0. The van der Waals surface area contributed by atoms with Gasteiger partial charge in [-0.05, 0) is 48.5 Å². The fourth-order valence-corrected chi connectivity index (χ4v) is 4.72. The third-order valence-electron chi connectivity index (χ3n) is 6.32. The first-order valence-electron chi connectivity index (χ1n) is 12.3. The van der Waals surface area contributed by atoms with E-state index in [4.69, 9.17) is 32.4 Å². The Hall–Kier alpha value is -4.99. The summed E-state index contributed by atoms with van der Waals surface area (Å²) in [6.45, 7) is -0.0182. The minimum Gasteiger partial charge on any atom is -0.481 e. The molecule has 6 rings (SSSR count). The Morgan fingerprint density at radius 3 is 2.63 bits per heavy atom. The SMILES string of the molecule is O=c1c2ccccc2nc(-c2cc3cc(Cl)ccc3o2)n1N=Cc1cccc([N+](=O)[O-])c1OCc1ccccc1Cl. The van der Waals surface area contributed by atoms with Gasteiger partial charge in [0.15, 0.2) is 5.76 Å². The van der Waals surface area contributed by atoms with E-state index in [1.807, 2.05) is 0 Å². The largest absolute Gasteiger partial charge is 0.481 e. The Balaban J connectivity index is 1.48. The van der Waals surface area contributed by atoms with Crippen molar-refractivity contribution >= 4 is 57.0 Å². The van der Waals surface area contributed by atoms with E-state index in [2.05, 4.69) is 10.1 Å². The molecule has 202 valence electrons. The van der Waals surface area contributed by atoms with Crippen molar-refractivity contribution in [3.63, 3.8) is 0 Å². The van der Waals surface area contributed by atoms with Crippen molar-refractivity contribution in [3.05, 3.63) is 133 Å². The molecule has 2 heterocycles. The molecular formula is C30H18Cl2N4O5. The van der Waals surface area contributed by atoms with Gasteiger partial charge in [0.25, 0.3) is 5.56 Å². The molecule has 0 unspecified atom stereocenters. The second-order valence-electron chi connectivity index (χ2n) is 8.94. The normalized spacial score (nSPS) is 11.5. The molecule has 9 nitrogen and oxygen atoms in total. The van der Waals surface area contributed by atoms with Gasteiger partial charge in [-0.2, -0.15) is 9.78 Å². The van der Waals surface area contributed by atoms with Gasteiger partial charge in [0.1, 0.15) is 12.2 Å². The number of nitrogens with zero attached hydrogens (tertiary/aromatic N) is 4. The highest BCUT2D eigenvalue weighted by molar-refractivity contribution is 6.31. The number of aromatic nitrogens is 2. The summed E-state index contributed by atoms with van der Waals surface area (Å²) in [7, 11) is 0. The van der Waals surface area contributed by atoms with Crippen LogP contribution >= 0.6 is 23.2 Å². The topological polar surface area (TPSA) is 113 Å². The van der Waals surface area contributed by atoms with Crippen molar-refractivity contribution in [1.82, 2.24) is 9.66 Å². The van der Waals surface area contributed by atoms with Crippen molar-refractivity contribution < 1.29 is 14.1 Å². The maximum Gasteiger partial charge on any atom is 0.311 e. The zero-order valence-electron chi connectivity index (χ0n) is 21.0. The standard InChI is InChI=1S/C30H18Cl2N4O5/c31-21-12-13-26-20(14-21)15-27(41-26)29-34-24-10-4-2-8-22(24)30(37)35(29)33-16-18-7-5-11-25(36(38)39)28(18)40-17-19-6-1-3-9-23(19)32/h1-16H,17H2. The maximum atomic E-state index is 13.6. The number of hydrogen-bond donors (Lipinski definition) is 0. The van der Waals surface area contributed by atoms with Gasteiger partial charge in [-0.1, -0.05) is 59.6 Å². The second kappa shape index (κ2) is 10.9. The van der Waals surface area contributed by atoms with Crippen LogP contribution in [0.25, 0.3) is 33.5 Å². The summed E-state index contributed by atoms with van der Waals surface area (Å²) in [5.41, 5.74) is 1.21. The van der Waals surface area contributed by atoms with E-state index in [1.54, 1.807) is 78.9 Å². The monoisotopic (exact) mass is 584 g/mol. The Kier molecular flexibility index (Phi) is 6.96. The molecule has 0 amide bonds. The van der Waals surface area contributed by atoms with Crippen LogP contribution in [0.1, 0.15) is 11.1 Å². The van der Waals surface area contributed by atoms with Gasteiger partial charge in [0.2, 0.25) is 11.6 Å². The average molecular weight is 585 g/mol. The van der Waals surface area contributed by atoms with Crippen LogP contribution in [0.4, 0.5) is 5.69 Å². The van der Waals surface area contributed by atoms with E-state index < -0.39 is 10.5 Å². The molecule has 0 spiro atoms. The number of halogens is 2. The fraction of sp³-hybridized carbons (Fsp3) is 0.0333. The van der Waals surface area contributed by atoms with Crippen LogP contribution < -0.4 is 10.3 Å². The van der Waals surface area contributed by atoms with Gasteiger partial charge in [-0.3, -0.25) is 14.9 Å². The van der Waals surface area contributed by atoms with Crippen molar-refractivity contribution in [3.8, 4) is 17.3 Å². The van der Waals surface area contributed by atoms with Gasteiger partial charge < -0.3 is 9.15 Å². The summed E-state index contributed by atoms with van der Waals surface area (Å²) in [5.74, 6) is 0.403. The third-order valence-corrected chi connectivity index (χ3v) is 6.92. The molecule has 0 atom stereocenters. The molecule has 0 aliphatic heterocycles. The van der Waals surface area contributed by atoms with Gasteiger partial charge in [-0.25, -0.2) is 4.98 Å². The van der Waals surface area contributed by atoms with Crippen molar-refractivity contribution in [1.29, 1.82) is 0 Å². The van der Waals surface area contributed by atoms with E-state index in [1.165, 1.54) is 18.3 Å². The summed E-state index contributed by atoms with van der Waals surface area (Å²) < 4.78 is 13.0. The van der Waals surface area contributed by atoms with Gasteiger partial charge in [0, 0.05) is 32.6 Å². The molecule has 0 aliphatic rings. The molecule has 41 heavy (non-hydrogen) atoms. The zero-order valence-corrected chi connectivity index (χ0v) is 22.5. The van der Waals surface area contributed by atoms with E-state index in [9.17, 15) is 14.9 Å². The van der Waals surface area contributed by atoms with Crippen LogP contribution in [-0.4, -0.2) is 20.8 Å². The third kappa shape index (κ3) is 5.16. The number of rotatable bonds is 7. The Bertz CT molecular complexity index is 2050. The molecular weight excluding hydrogens is 567 g/mol. The van der Waals surface area contributed by atoms with Crippen molar-refractivity contribution in [2.75, 3.05) is 0 Å². The minimum atomic E-state index is -0.548. The Labute approximate surface area is 242 Å². The van der Waals surface area contributed by atoms with Crippen LogP contribution in [0.2, 0.25) is 10.0 Å². The second-order valence-corrected chi connectivity index (χ2v) is 9.78. The highest BCUT2D eigenvalue weighted by atomic mass is 35.5. The molecule has 0 N–H and O–H groups in total. The first kappa shape index (κ1) is 26.2. The molecule has 0 aliphatic carbocycles. The number of furan rings is 1. The number of benzene rings is 4. The lowest BCUT2D eigenvalue weighted by molar-refractivity contribution is -0.385. The molecule has 0 saturated heterocycles. The van der Waals surface area contributed by atoms with Gasteiger partial charge in [-0.15, -0.1) is 0 Å². The summed E-state index contributed by atoms with van der Waals surface area (Å²) in [5, 5.41) is 18.3. The highest BCUT2D eigenvalue weighted by Gasteiger charge is 2.20. The lowest BCUT2D eigenvalue weighted by atomic mass is 10.2. The molecule has 0 saturated carbocycles. The van der Waals surface area contributed by atoms with Crippen molar-refractivity contribution in [2.45, 2.75) is 6.61 Å². The van der Waals surface area contributed by atoms with Gasteiger partial charge in [0.05, 0.1) is 22.0 Å². The maximum absolute atomic E-state index is 13.6. The zero-order chi connectivity index (χ0) is 28.5. The molecule has 4 aromatic carbocycles. The first-order chi connectivity index (χ1) is 19.9. The minimum absolute atomic E-state index is 0.0182. The highest BCUT2D eigenvalue weighted by Crippen LogP contribution is 2.32. The van der Waals surface area contributed by atoms with Crippen molar-refractivity contribution in [2.24, 2.45) is 5.10 Å². The number of nitro groups is 1. The molecule has 0 bridgehead atoms. The summed E-state index contributed by atoms with van der Waals surface area (Å²) in [6.07, 6.45) is 1.32. The number of hydrogen-bond acceptors (Lipinski definition) is 7. The van der Waals surface area contributed by atoms with Gasteiger partial charge >= 0.3 is 5.69 Å². The van der Waals surface area contributed by atoms with E-state index in [0.29, 0.717) is 32.1 Å². The van der Waals surface area contributed by atoms with Crippen LogP contribution in [0.15, 0.2) is 105 Å². The molecule has 0 radical (unpaired) electrons. The average Bonchev–Trinajstić information content (AvgIpc) is 3.39. The Morgan fingerprint density at radius 1 is 1.00 bits per heavy atom. The lowest BCUT2D eigenvalue weighted by Gasteiger charge is -2.11.